The number of hydrogen-bond acceptors (Lipinski definition) is 2. The van der Waals surface area contributed by atoms with Gasteiger partial charge in [0, 0.05) is 24.2 Å². The average molecular weight is 166 g/mol. The number of hydrogen-bond donors (Lipinski definition) is 2. The molecule has 3 nitrogen and oxygen atoms in total. The molecule has 1 aromatic heterocycles. The predicted molar refractivity (Wildman–Crippen MR) is 49.3 cm³/mol. The van der Waals surface area contributed by atoms with Crippen LogP contribution in [-0.4, -0.2) is 18.1 Å². The van der Waals surface area contributed by atoms with Crippen molar-refractivity contribution in [3.63, 3.8) is 0 Å². The van der Waals surface area contributed by atoms with E-state index >= 15 is 0 Å². The molecule has 0 aromatic carbocycles. The van der Waals surface area contributed by atoms with Crippen LogP contribution < -0.4 is 10.9 Å². The Morgan fingerprint density at radius 1 is 1.58 bits per heavy atom. The van der Waals surface area contributed by atoms with E-state index in [0.29, 0.717) is 6.04 Å². The molecule has 0 bridgehead atoms. The summed E-state index contributed by atoms with van der Waals surface area (Å²) >= 11 is 0. The Morgan fingerprint density at radius 3 is 2.92 bits per heavy atom. The van der Waals surface area contributed by atoms with Crippen LogP contribution in [0.4, 0.5) is 0 Å². The zero-order chi connectivity index (χ0) is 8.97. The Kier molecular flexibility index (Phi) is 3.05. The van der Waals surface area contributed by atoms with Crippen LogP contribution in [0.15, 0.2) is 23.0 Å². The molecular weight excluding hydrogens is 152 g/mol. The smallest absolute Gasteiger partial charge is 0.248 e. The number of aromatic amines is 1. The summed E-state index contributed by atoms with van der Waals surface area (Å²) in [7, 11) is 1.91. The van der Waals surface area contributed by atoms with E-state index in [-0.39, 0.29) is 5.56 Å². The van der Waals surface area contributed by atoms with E-state index in [1.54, 1.807) is 6.07 Å². The highest BCUT2D eigenvalue weighted by Gasteiger charge is 1.99. The fourth-order valence-electron chi connectivity index (χ4n) is 1.04. The molecule has 0 aliphatic rings. The van der Waals surface area contributed by atoms with Gasteiger partial charge in [0.15, 0.2) is 0 Å². The predicted octanol–water partition coefficient (Wildman–Crippen LogP) is 0.525. The summed E-state index contributed by atoms with van der Waals surface area (Å²) in [6.45, 7) is 2.07. The van der Waals surface area contributed by atoms with Crippen molar-refractivity contribution in [2.75, 3.05) is 7.05 Å². The van der Waals surface area contributed by atoms with Gasteiger partial charge in [-0.3, -0.25) is 4.79 Å². The van der Waals surface area contributed by atoms with Crippen molar-refractivity contribution >= 4 is 0 Å². The summed E-state index contributed by atoms with van der Waals surface area (Å²) in [5, 5.41) is 3.11. The van der Waals surface area contributed by atoms with Crippen molar-refractivity contribution in [2.45, 2.75) is 19.4 Å². The van der Waals surface area contributed by atoms with Crippen LogP contribution in [0.2, 0.25) is 0 Å². The Bertz CT molecular complexity index is 293. The summed E-state index contributed by atoms with van der Waals surface area (Å²) < 4.78 is 0. The second-order valence-electron chi connectivity index (χ2n) is 2.93. The van der Waals surface area contributed by atoms with E-state index in [1.165, 1.54) is 6.07 Å². The standard InChI is InChI=1S/C9H14N2O/c1-7(10-2)6-8-4-3-5-9(12)11-8/h3-5,7,10H,6H2,1-2H3,(H,11,12). The lowest BCUT2D eigenvalue weighted by atomic mass is 10.2. The van der Waals surface area contributed by atoms with Crippen LogP contribution in [0.25, 0.3) is 0 Å². The zero-order valence-corrected chi connectivity index (χ0v) is 7.42. The van der Waals surface area contributed by atoms with Crippen molar-refractivity contribution in [3.05, 3.63) is 34.2 Å². The Balaban J connectivity index is 2.69. The van der Waals surface area contributed by atoms with Crippen LogP contribution in [0.3, 0.4) is 0 Å². The molecule has 1 atom stereocenters. The number of nitrogens with one attached hydrogen (secondary N) is 2. The zero-order valence-electron chi connectivity index (χ0n) is 7.42. The first-order valence-corrected chi connectivity index (χ1v) is 4.08. The third kappa shape index (κ3) is 2.51. The van der Waals surface area contributed by atoms with E-state index in [9.17, 15) is 4.79 Å². The van der Waals surface area contributed by atoms with Gasteiger partial charge in [-0.25, -0.2) is 0 Å². The molecule has 0 radical (unpaired) electrons. The van der Waals surface area contributed by atoms with E-state index in [1.807, 2.05) is 13.1 Å². The molecule has 0 aliphatic heterocycles. The minimum absolute atomic E-state index is 0.0317. The SMILES string of the molecule is CNC(C)Cc1cccc(=O)[nH]1. The van der Waals surface area contributed by atoms with E-state index in [0.717, 1.165) is 12.1 Å². The normalized spacial score (nSPS) is 12.8. The highest BCUT2D eigenvalue weighted by Crippen LogP contribution is 1.95. The number of rotatable bonds is 3. The van der Waals surface area contributed by atoms with Gasteiger partial charge in [0.25, 0.3) is 0 Å². The largest absolute Gasteiger partial charge is 0.326 e. The second-order valence-corrected chi connectivity index (χ2v) is 2.93. The van der Waals surface area contributed by atoms with E-state index in [2.05, 4.69) is 17.2 Å². The molecule has 66 valence electrons. The molecule has 1 aromatic rings. The fraction of sp³-hybridized carbons (Fsp3) is 0.444. The number of aromatic nitrogens is 1. The quantitative estimate of drug-likeness (QED) is 0.687. The first-order chi connectivity index (χ1) is 5.72. The maximum absolute atomic E-state index is 10.9. The molecule has 1 heterocycles. The molecular formula is C9H14N2O. The van der Waals surface area contributed by atoms with E-state index in [4.69, 9.17) is 0 Å². The van der Waals surface area contributed by atoms with Gasteiger partial charge < -0.3 is 10.3 Å². The van der Waals surface area contributed by atoms with Gasteiger partial charge in [-0.1, -0.05) is 6.07 Å². The fourth-order valence-corrected chi connectivity index (χ4v) is 1.04. The molecule has 1 unspecified atom stereocenters. The summed E-state index contributed by atoms with van der Waals surface area (Å²) in [6, 6.07) is 5.61. The number of likely N-dealkylation sites (N-methyl/N-ethyl adjacent to an activating group) is 1. The molecule has 12 heavy (non-hydrogen) atoms. The van der Waals surface area contributed by atoms with Gasteiger partial charge in [-0.2, -0.15) is 0 Å². The maximum atomic E-state index is 10.9. The van der Waals surface area contributed by atoms with Crippen molar-refractivity contribution in [3.8, 4) is 0 Å². The lowest BCUT2D eigenvalue weighted by Crippen LogP contribution is -2.24. The van der Waals surface area contributed by atoms with Crippen molar-refractivity contribution in [1.82, 2.24) is 10.3 Å². The van der Waals surface area contributed by atoms with Crippen LogP contribution in [0.1, 0.15) is 12.6 Å². The lowest BCUT2D eigenvalue weighted by Gasteiger charge is -2.08. The first-order valence-electron chi connectivity index (χ1n) is 4.08. The van der Waals surface area contributed by atoms with Crippen molar-refractivity contribution in [2.24, 2.45) is 0 Å². The molecule has 0 aliphatic carbocycles. The third-order valence-corrected chi connectivity index (χ3v) is 1.85. The topological polar surface area (TPSA) is 44.9 Å². The molecule has 2 N–H and O–H groups in total. The number of pyridine rings is 1. The van der Waals surface area contributed by atoms with Crippen LogP contribution >= 0.6 is 0 Å². The Hall–Kier alpha value is -1.09. The van der Waals surface area contributed by atoms with Gasteiger partial charge in [0.05, 0.1) is 0 Å². The molecule has 3 heteroatoms. The second kappa shape index (κ2) is 4.07. The van der Waals surface area contributed by atoms with Crippen LogP contribution in [-0.2, 0) is 6.42 Å². The lowest BCUT2D eigenvalue weighted by molar-refractivity contribution is 0.600. The summed E-state index contributed by atoms with van der Waals surface area (Å²) in [5.74, 6) is 0. The highest BCUT2D eigenvalue weighted by molar-refractivity contribution is 5.05. The van der Waals surface area contributed by atoms with Crippen molar-refractivity contribution < 1.29 is 0 Å². The molecule has 0 fully saturated rings. The van der Waals surface area contributed by atoms with Gasteiger partial charge in [-0.05, 0) is 20.0 Å². The van der Waals surface area contributed by atoms with Gasteiger partial charge in [0.2, 0.25) is 5.56 Å². The number of H-pyrrole nitrogens is 1. The molecule has 0 spiro atoms. The summed E-state index contributed by atoms with van der Waals surface area (Å²) in [6.07, 6.45) is 0.854. The van der Waals surface area contributed by atoms with Crippen LogP contribution in [0, 0.1) is 0 Å². The Labute approximate surface area is 71.8 Å². The molecule has 0 amide bonds. The van der Waals surface area contributed by atoms with Gasteiger partial charge in [-0.15, -0.1) is 0 Å². The average Bonchev–Trinajstić information content (AvgIpc) is 2.04. The maximum Gasteiger partial charge on any atom is 0.248 e. The van der Waals surface area contributed by atoms with Crippen LogP contribution in [0.5, 0.6) is 0 Å². The van der Waals surface area contributed by atoms with Gasteiger partial charge >= 0.3 is 0 Å². The minimum atomic E-state index is -0.0317. The van der Waals surface area contributed by atoms with Crippen molar-refractivity contribution in [1.29, 1.82) is 0 Å². The van der Waals surface area contributed by atoms with Gasteiger partial charge in [0.1, 0.15) is 0 Å². The molecule has 0 saturated heterocycles. The van der Waals surface area contributed by atoms with E-state index < -0.39 is 0 Å². The molecule has 0 saturated carbocycles. The monoisotopic (exact) mass is 166 g/mol. The Morgan fingerprint density at radius 2 is 2.33 bits per heavy atom. The minimum Gasteiger partial charge on any atom is -0.326 e. The third-order valence-electron chi connectivity index (χ3n) is 1.85. The highest BCUT2D eigenvalue weighted by atomic mass is 16.1. The summed E-state index contributed by atoms with van der Waals surface area (Å²) in [4.78, 5) is 13.7. The first kappa shape index (κ1) is 9.00. The summed E-state index contributed by atoms with van der Waals surface area (Å²) in [5.41, 5.74) is 0.945. The molecule has 1 rings (SSSR count).